The van der Waals surface area contributed by atoms with Crippen LogP contribution in [0, 0.1) is 0 Å². The topological polar surface area (TPSA) is 107 Å². The molecule has 1 aromatic heterocycles. The van der Waals surface area contributed by atoms with Crippen molar-refractivity contribution in [3.8, 4) is 17.0 Å². The van der Waals surface area contributed by atoms with Crippen LogP contribution < -0.4 is 21.1 Å². The van der Waals surface area contributed by atoms with Gasteiger partial charge in [-0.2, -0.15) is 0 Å². The number of ether oxygens (including phenoxy) is 1. The first kappa shape index (κ1) is 20.8. The van der Waals surface area contributed by atoms with E-state index in [2.05, 4.69) is 20.9 Å². The van der Waals surface area contributed by atoms with Gasteiger partial charge >= 0.3 is 0 Å². The number of carbonyl (C=O) groups excluding carboxylic acids is 1. The van der Waals surface area contributed by atoms with E-state index in [1.54, 1.807) is 13.3 Å². The number of aromatic nitrogens is 2. The number of anilines is 2. The van der Waals surface area contributed by atoms with Crippen LogP contribution in [0.5, 0.6) is 5.75 Å². The van der Waals surface area contributed by atoms with Gasteiger partial charge in [0.05, 0.1) is 19.0 Å². The van der Waals surface area contributed by atoms with E-state index in [1.165, 1.54) is 0 Å². The molecule has 160 valence electrons. The van der Waals surface area contributed by atoms with Gasteiger partial charge in [0.2, 0.25) is 0 Å². The number of hydrogen-bond donors (Lipinski definition) is 2. The molecule has 1 fully saturated rings. The zero-order chi connectivity index (χ0) is 21.8. The molecule has 2 aromatic carbocycles. The Morgan fingerprint density at radius 2 is 1.84 bits per heavy atom. The third kappa shape index (κ3) is 4.67. The lowest BCUT2D eigenvalue weighted by molar-refractivity contribution is 0.0989. The standard InChI is InChI=1S/C24H27N5O2/c1-31-19-8-6-16(7-9-19)20-15-27-24(26)23(28-20)22(30)14-17-4-2-3-5-21(17)29-12-10-18(25)11-13-29/h2-9,15,18H,10-14,25H2,1H3,(H2,26,27). The lowest BCUT2D eigenvalue weighted by atomic mass is 10.0. The maximum atomic E-state index is 13.2. The van der Waals surface area contributed by atoms with Crippen LogP contribution in [-0.2, 0) is 6.42 Å². The van der Waals surface area contributed by atoms with E-state index in [0.717, 1.165) is 48.5 Å². The molecule has 0 saturated carbocycles. The van der Waals surface area contributed by atoms with Gasteiger partial charge in [-0.05, 0) is 48.7 Å². The monoisotopic (exact) mass is 417 g/mol. The highest BCUT2D eigenvalue weighted by molar-refractivity contribution is 6.00. The molecule has 1 aliphatic heterocycles. The minimum atomic E-state index is -0.151. The highest BCUT2D eigenvalue weighted by Gasteiger charge is 2.21. The van der Waals surface area contributed by atoms with Gasteiger partial charge in [-0.1, -0.05) is 18.2 Å². The van der Waals surface area contributed by atoms with Gasteiger partial charge in [0.25, 0.3) is 0 Å². The van der Waals surface area contributed by atoms with E-state index >= 15 is 0 Å². The number of carbonyl (C=O) groups is 1. The zero-order valence-corrected chi connectivity index (χ0v) is 17.6. The summed E-state index contributed by atoms with van der Waals surface area (Å²) in [5.41, 5.74) is 15.7. The summed E-state index contributed by atoms with van der Waals surface area (Å²) in [7, 11) is 1.62. The van der Waals surface area contributed by atoms with Crippen molar-refractivity contribution >= 4 is 17.3 Å². The summed E-state index contributed by atoms with van der Waals surface area (Å²) in [6.45, 7) is 1.78. The normalized spacial score (nSPS) is 14.5. The smallest absolute Gasteiger partial charge is 0.189 e. The molecule has 0 atom stereocenters. The zero-order valence-electron chi connectivity index (χ0n) is 17.6. The molecule has 2 heterocycles. The SMILES string of the molecule is COc1ccc(-c2cnc(N)c(C(=O)Cc3ccccc3N3CCC(N)CC3)n2)cc1. The number of methoxy groups -OCH3 is 1. The summed E-state index contributed by atoms with van der Waals surface area (Å²) >= 11 is 0. The number of benzene rings is 2. The Morgan fingerprint density at radius 3 is 2.55 bits per heavy atom. The second kappa shape index (κ2) is 9.14. The van der Waals surface area contributed by atoms with Crippen LogP contribution in [0.1, 0.15) is 28.9 Å². The summed E-state index contributed by atoms with van der Waals surface area (Å²) in [4.78, 5) is 24.2. The number of nitrogens with zero attached hydrogens (tertiary/aromatic N) is 3. The van der Waals surface area contributed by atoms with Crippen molar-refractivity contribution in [2.75, 3.05) is 30.8 Å². The van der Waals surface area contributed by atoms with Crippen molar-refractivity contribution in [3.63, 3.8) is 0 Å². The second-order valence-electron chi connectivity index (χ2n) is 7.77. The predicted octanol–water partition coefficient (Wildman–Crippen LogP) is 3.09. The number of hydrogen-bond acceptors (Lipinski definition) is 7. The maximum Gasteiger partial charge on any atom is 0.189 e. The maximum absolute atomic E-state index is 13.2. The highest BCUT2D eigenvalue weighted by atomic mass is 16.5. The Labute approximate surface area is 182 Å². The first-order valence-electron chi connectivity index (χ1n) is 10.4. The van der Waals surface area contributed by atoms with Crippen LogP contribution in [0.15, 0.2) is 54.7 Å². The average Bonchev–Trinajstić information content (AvgIpc) is 2.80. The van der Waals surface area contributed by atoms with Crippen LogP contribution in [0.2, 0.25) is 0 Å². The number of piperidine rings is 1. The number of rotatable bonds is 6. The first-order valence-corrected chi connectivity index (χ1v) is 10.4. The van der Waals surface area contributed by atoms with E-state index in [-0.39, 0.29) is 29.8 Å². The summed E-state index contributed by atoms with van der Waals surface area (Å²) in [6, 6.07) is 15.7. The van der Waals surface area contributed by atoms with E-state index in [1.807, 2.05) is 42.5 Å². The molecule has 0 bridgehead atoms. The van der Waals surface area contributed by atoms with Crippen molar-refractivity contribution in [3.05, 3.63) is 66.0 Å². The molecule has 1 saturated heterocycles. The van der Waals surface area contributed by atoms with Gasteiger partial charge in [0.1, 0.15) is 11.4 Å². The molecule has 0 unspecified atom stereocenters. The Hall–Kier alpha value is -3.45. The minimum Gasteiger partial charge on any atom is -0.497 e. The van der Waals surface area contributed by atoms with Gasteiger partial charge in [-0.3, -0.25) is 4.79 Å². The van der Waals surface area contributed by atoms with Gasteiger partial charge in [-0.25, -0.2) is 9.97 Å². The van der Waals surface area contributed by atoms with Crippen molar-refractivity contribution in [2.45, 2.75) is 25.3 Å². The first-order chi connectivity index (χ1) is 15.0. The van der Waals surface area contributed by atoms with Crippen molar-refractivity contribution in [2.24, 2.45) is 5.73 Å². The number of para-hydroxylation sites is 1. The van der Waals surface area contributed by atoms with Crippen LogP contribution >= 0.6 is 0 Å². The summed E-state index contributed by atoms with van der Waals surface area (Å²) in [6.07, 6.45) is 3.69. The quantitative estimate of drug-likeness (QED) is 0.594. The van der Waals surface area contributed by atoms with Crippen LogP contribution in [-0.4, -0.2) is 42.0 Å². The average molecular weight is 418 g/mol. The number of nitrogens with two attached hydrogens (primary N) is 2. The second-order valence-corrected chi connectivity index (χ2v) is 7.77. The molecular formula is C24H27N5O2. The van der Waals surface area contributed by atoms with Crippen molar-refractivity contribution < 1.29 is 9.53 Å². The fourth-order valence-electron chi connectivity index (χ4n) is 3.87. The lowest BCUT2D eigenvalue weighted by Gasteiger charge is -2.33. The number of ketones is 1. The van der Waals surface area contributed by atoms with E-state index in [4.69, 9.17) is 16.2 Å². The summed E-state index contributed by atoms with van der Waals surface area (Å²) in [5, 5.41) is 0. The van der Waals surface area contributed by atoms with Gasteiger partial charge < -0.3 is 21.1 Å². The third-order valence-corrected chi connectivity index (χ3v) is 5.67. The highest BCUT2D eigenvalue weighted by Crippen LogP contribution is 2.26. The third-order valence-electron chi connectivity index (χ3n) is 5.67. The molecule has 0 amide bonds. The minimum absolute atomic E-state index is 0.142. The Morgan fingerprint density at radius 1 is 1.13 bits per heavy atom. The van der Waals surface area contributed by atoms with E-state index < -0.39 is 0 Å². The molecule has 0 aliphatic carbocycles. The fourth-order valence-corrected chi connectivity index (χ4v) is 3.87. The molecule has 4 rings (SSSR count). The van der Waals surface area contributed by atoms with E-state index in [0.29, 0.717) is 5.69 Å². The number of nitrogen functional groups attached to an aromatic ring is 1. The van der Waals surface area contributed by atoms with Crippen molar-refractivity contribution in [1.82, 2.24) is 9.97 Å². The molecule has 7 heteroatoms. The molecule has 3 aromatic rings. The van der Waals surface area contributed by atoms with E-state index in [9.17, 15) is 4.79 Å². The summed E-state index contributed by atoms with van der Waals surface area (Å²) < 4.78 is 5.20. The van der Waals surface area contributed by atoms with Gasteiger partial charge in [0, 0.05) is 36.8 Å². The molecule has 4 N–H and O–H groups in total. The Balaban J connectivity index is 1.58. The molecule has 0 spiro atoms. The molecular weight excluding hydrogens is 390 g/mol. The summed E-state index contributed by atoms with van der Waals surface area (Å²) in [5.74, 6) is 0.740. The molecule has 31 heavy (non-hydrogen) atoms. The Kier molecular flexibility index (Phi) is 6.13. The van der Waals surface area contributed by atoms with Crippen LogP contribution in [0.25, 0.3) is 11.3 Å². The predicted molar refractivity (Wildman–Crippen MR) is 122 cm³/mol. The van der Waals surface area contributed by atoms with Gasteiger partial charge in [0.15, 0.2) is 11.6 Å². The molecule has 1 aliphatic rings. The molecule has 0 radical (unpaired) electrons. The van der Waals surface area contributed by atoms with Crippen molar-refractivity contribution in [1.29, 1.82) is 0 Å². The fraction of sp³-hybridized carbons (Fsp3) is 0.292. The molecule has 7 nitrogen and oxygen atoms in total. The lowest BCUT2D eigenvalue weighted by Crippen LogP contribution is -2.40. The Bertz CT molecular complexity index is 1060. The van der Waals surface area contributed by atoms with Crippen LogP contribution in [0.3, 0.4) is 0 Å². The largest absolute Gasteiger partial charge is 0.497 e. The van der Waals surface area contributed by atoms with Crippen LogP contribution in [0.4, 0.5) is 11.5 Å². The van der Waals surface area contributed by atoms with Gasteiger partial charge in [-0.15, -0.1) is 0 Å². The number of Topliss-reactive ketones (excluding diaryl/α,β-unsaturated/α-hetero) is 1.